The van der Waals surface area contributed by atoms with E-state index in [9.17, 15) is 37.8 Å². The molecule has 3 aliphatic rings. The van der Waals surface area contributed by atoms with Crippen molar-refractivity contribution in [3.8, 4) is 0 Å². The third-order valence-corrected chi connectivity index (χ3v) is 9.28. The molecule has 1 aliphatic carbocycles. The minimum absolute atomic E-state index is 0. The Kier molecular flexibility index (Phi) is 7.85. The van der Waals surface area contributed by atoms with Crippen LogP contribution < -0.4 is 34.7 Å². The van der Waals surface area contributed by atoms with E-state index in [4.69, 9.17) is 9.47 Å². The van der Waals surface area contributed by atoms with Crippen LogP contribution >= 0.6 is 0 Å². The number of aliphatic hydroxyl groups is 1. The zero-order chi connectivity index (χ0) is 22.4. The standard InChI is InChI=1S/C18H25NO10S.Na/c1-18(2)12(19-13(21)11(7-20)14(19)30(18,26)27)17(25)29-8-28-16(24)10-5-3-9(4-6-10)15(22)23;/h9-12,14,20H,3-8H2,1-2H3,(H,22,23);/q;+1/p-1/t9-,10-,11-,12+,14-;/m1./s1. The van der Waals surface area contributed by atoms with Crippen molar-refractivity contribution in [1.82, 2.24) is 4.90 Å². The van der Waals surface area contributed by atoms with Gasteiger partial charge in [-0.3, -0.25) is 9.59 Å². The van der Waals surface area contributed by atoms with E-state index in [-0.39, 0.29) is 29.6 Å². The van der Waals surface area contributed by atoms with Gasteiger partial charge in [0.1, 0.15) is 11.4 Å². The first-order valence-corrected chi connectivity index (χ1v) is 11.2. The molecule has 2 heterocycles. The molecule has 3 fully saturated rings. The third kappa shape index (κ3) is 4.24. The van der Waals surface area contributed by atoms with Gasteiger partial charge < -0.3 is 29.4 Å². The van der Waals surface area contributed by atoms with Crippen LogP contribution in [0.2, 0.25) is 0 Å². The molecule has 31 heavy (non-hydrogen) atoms. The number of aliphatic hydroxyl groups excluding tert-OH is 1. The first-order valence-electron chi connectivity index (χ1n) is 9.65. The van der Waals surface area contributed by atoms with Crippen molar-refractivity contribution in [3.63, 3.8) is 0 Å². The molecule has 3 atom stereocenters. The van der Waals surface area contributed by atoms with Crippen molar-refractivity contribution in [3.05, 3.63) is 0 Å². The van der Waals surface area contributed by atoms with Gasteiger partial charge in [-0.25, -0.2) is 13.2 Å². The predicted octanol–water partition coefficient (Wildman–Crippen LogP) is -5.06. The number of aliphatic carboxylic acids is 1. The first kappa shape index (κ1) is 26.0. The smallest absolute Gasteiger partial charge is 0.550 e. The fraction of sp³-hybridized carbons (Fsp3) is 0.778. The molecule has 168 valence electrons. The van der Waals surface area contributed by atoms with Crippen LogP contribution in [0.3, 0.4) is 0 Å². The Morgan fingerprint density at radius 1 is 1.10 bits per heavy atom. The van der Waals surface area contributed by atoms with Gasteiger partial charge in [0.15, 0.2) is 9.84 Å². The van der Waals surface area contributed by atoms with Crippen molar-refractivity contribution in [2.75, 3.05) is 13.4 Å². The Morgan fingerprint density at radius 2 is 1.61 bits per heavy atom. The SMILES string of the molecule is CC1(C)[C@H](C(=O)OCOC(=O)[C@H]2CC[C@H](C(=O)[O-])CC2)N2C(=O)[C@@H](CO)[C@H]2S1(=O)=O.[Na+]. The number of carbonyl (C=O) groups excluding carboxylic acids is 4. The molecule has 0 aromatic carbocycles. The number of carboxylic acid groups (broad SMARTS) is 1. The number of hydrogen-bond donors (Lipinski definition) is 1. The summed E-state index contributed by atoms with van der Waals surface area (Å²) in [5.74, 6) is -5.69. The van der Waals surface area contributed by atoms with Crippen LogP contribution in [0.15, 0.2) is 0 Å². The molecule has 2 saturated heterocycles. The molecule has 1 saturated carbocycles. The molecular formula is C18H24NNaO10S. The van der Waals surface area contributed by atoms with Crippen molar-refractivity contribution in [2.45, 2.75) is 55.7 Å². The van der Waals surface area contributed by atoms with Gasteiger partial charge in [0.25, 0.3) is 0 Å². The molecule has 13 heteroatoms. The van der Waals surface area contributed by atoms with E-state index in [1.54, 1.807) is 0 Å². The number of ether oxygens (including phenoxy) is 2. The molecule has 0 bridgehead atoms. The van der Waals surface area contributed by atoms with Crippen LogP contribution in [0.25, 0.3) is 0 Å². The van der Waals surface area contributed by atoms with E-state index < -0.39 is 81.0 Å². The molecule has 0 spiro atoms. The Hall–Kier alpha value is -1.21. The van der Waals surface area contributed by atoms with Crippen LogP contribution in [-0.2, 0) is 38.5 Å². The number of carbonyl (C=O) groups is 4. The molecule has 1 N–H and O–H groups in total. The monoisotopic (exact) mass is 469 g/mol. The number of esters is 2. The summed E-state index contributed by atoms with van der Waals surface area (Å²) in [7, 11) is -3.94. The molecule has 3 rings (SSSR count). The van der Waals surface area contributed by atoms with Gasteiger partial charge in [0.2, 0.25) is 12.7 Å². The van der Waals surface area contributed by atoms with Gasteiger partial charge in [-0.05, 0) is 45.4 Å². The topological polar surface area (TPSA) is 167 Å². The molecule has 0 unspecified atom stereocenters. The van der Waals surface area contributed by atoms with Gasteiger partial charge >= 0.3 is 41.5 Å². The Bertz CT molecular complexity index is 865. The van der Waals surface area contributed by atoms with Crippen molar-refractivity contribution in [1.29, 1.82) is 0 Å². The maximum absolute atomic E-state index is 12.7. The van der Waals surface area contributed by atoms with Crippen molar-refractivity contribution >= 4 is 33.7 Å². The van der Waals surface area contributed by atoms with Gasteiger partial charge in [-0.1, -0.05) is 0 Å². The van der Waals surface area contributed by atoms with Gasteiger partial charge in [0.05, 0.1) is 23.2 Å². The fourth-order valence-electron chi connectivity index (χ4n) is 4.47. The van der Waals surface area contributed by atoms with Crippen molar-refractivity contribution in [2.24, 2.45) is 17.8 Å². The van der Waals surface area contributed by atoms with Crippen LogP contribution in [0, 0.1) is 17.8 Å². The number of rotatable bonds is 6. The largest absolute Gasteiger partial charge is 1.00 e. The average molecular weight is 469 g/mol. The zero-order valence-electron chi connectivity index (χ0n) is 17.6. The molecule has 2 aliphatic heterocycles. The average Bonchev–Trinajstić information content (AvgIpc) is 2.82. The second-order valence-corrected chi connectivity index (χ2v) is 11.0. The van der Waals surface area contributed by atoms with E-state index in [0.29, 0.717) is 25.7 Å². The van der Waals surface area contributed by atoms with Crippen molar-refractivity contribution < 1.29 is 76.8 Å². The Labute approximate surface area is 201 Å². The van der Waals surface area contributed by atoms with E-state index in [1.165, 1.54) is 13.8 Å². The molecule has 0 aromatic rings. The first-order chi connectivity index (χ1) is 13.9. The van der Waals surface area contributed by atoms with Gasteiger partial charge in [0, 0.05) is 5.97 Å². The summed E-state index contributed by atoms with van der Waals surface area (Å²) in [6.45, 7) is 1.21. The number of carboxylic acids is 1. The number of hydrogen-bond acceptors (Lipinski definition) is 10. The summed E-state index contributed by atoms with van der Waals surface area (Å²) < 4.78 is 33.7. The van der Waals surface area contributed by atoms with E-state index in [2.05, 4.69) is 0 Å². The van der Waals surface area contributed by atoms with Crippen LogP contribution in [0.4, 0.5) is 0 Å². The maximum Gasteiger partial charge on any atom is 1.00 e. The normalized spacial score (nSPS) is 32.8. The summed E-state index contributed by atoms with van der Waals surface area (Å²) in [4.78, 5) is 48.6. The minimum atomic E-state index is -3.94. The number of nitrogens with zero attached hydrogens (tertiary/aromatic N) is 1. The maximum atomic E-state index is 12.7. The molecule has 0 radical (unpaired) electrons. The molecule has 0 aromatic heterocycles. The zero-order valence-corrected chi connectivity index (χ0v) is 20.4. The second kappa shape index (κ2) is 9.34. The summed E-state index contributed by atoms with van der Waals surface area (Å²) in [6.07, 6.45) is 1.21. The fourth-order valence-corrected chi connectivity index (χ4v) is 6.77. The minimum Gasteiger partial charge on any atom is -0.550 e. The van der Waals surface area contributed by atoms with E-state index in [0.717, 1.165) is 4.90 Å². The van der Waals surface area contributed by atoms with Crippen LogP contribution in [-0.4, -0.2) is 71.8 Å². The number of fused-ring (bicyclic) bond motifs is 1. The van der Waals surface area contributed by atoms with Crippen LogP contribution in [0.1, 0.15) is 39.5 Å². The summed E-state index contributed by atoms with van der Waals surface area (Å²) >= 11 is 0. The summed E-state index contributed by atoms with van der Waals surface area (Å²) in [5, 5.41) is 18.8. The van der Waals surface area contributed by atoms with Crippen LogP contribution in [0.5, 0.6) is 0 Å². The summed E-state index contributed by atoms with van der Waals surface area (Å²) in [5.41, 5.74) is 0. The van der Waals surface area contributed by atoms with Gasteiger partial charge in [-0.15, -0.1) is 0 Å². The van der Waals surface area contributed by atoms with Gasteiger partial charge in [-0.2, -0.15) is 0 Å². The number of β-lactam (4-membered cyclic amide) rings is 1. The Morgan fingerprint density at radius 3 is 2.13 bits per heavy atom. The Balaban J connectivity index is 0.00000341. The van der Waals surface area contributed by atoms with E-state index in [1.807, 2.05) is 0 Å². The number of sulfone groups is 1. The third-order valence-electron chi connectivity index (χ3n) is 6.39. The molecule has 11 nitrogen and oxygen atoms in total. The quantitative estimate of drug-likeness (QED) is 0.172. The number of amides is 1. The summed E-state index contributed by atoms with van der Waals surface area (Å²) in [6, 6.07) is -1.42. The van der Waals surface area contributed by atoms with E-state index >= 15 is 0 Å². The molecular weight excluding hydrogens is 445 g/mol. The molecule has 1 amide bonds. The second-order valence-electron chi connectivity index (χ2n) is 8.39. The predicted molar refractivity (Wildman–Crippen MR) is 95.5 cm³/mol.